The number of allylic oxidation sites excluding steroid dienone is 1. The summed E-state index contributed by atoms with van der Waals surface area (Å²) in [5.74, 6) is -0.425. The summed E-state index contributed by atoms with van der Waals surface area (Å²) >= 11 is 0. The maximum absolute atomic E-state index is 13.0. The van der Waals surface area contributed by atoms with Crippen LogP contribution < -0.4 is 25.4 Å². The number of benzene rings is 2. The average Bonchev–Trinajstić information content (AvgIpc) is 2.72. The molecule has 0 unspecified atom stereocenters. The van der Waals surface area contributed by atoms with Gasteiger partial charge in [-0.2, -0.15) is 0 Å². The molecule has 3 amide bonds. The summed E-state index contributed by atoms with van der Waals surface area (Å²) in [7, 11) is 1.56. The number of urea groups is 1. The predicted octanol–water partition coefficient (Wildman–Crippen LogP) is 2.43. The second-order valence-electron chi connectivity index (χ2n) is 6.50. The summed E-state index contributed by atoms with van der Waals surface area (Å²) in [5.41, 5.74) is 2.01. The van der Waals surface area contributed by atoms with E-state index in [1.807, 2.05) is 0 Å². The Kier molecular flexibility index (Phi) is 6.21. The van der Waals surface area contributed by atoms with Crippen molar-refractivity contribution in [1.29, 1.82) is 0 Å². The molecule has 1 aliphatic heterocycles. The fourth-order valence-corrected chi connectivity index (χ4v) is 3.02. The Morgan fingerprint density at radius 1 is 1.07 bits per heavy atom. The number of hydrogen-bond donors (Lipinski definition) is 4. The third kappa shape index (κ3) is 4.88. The highest BCUT2D eigenvalue weighted by Crippen LogP contribution is 2.29. The molecule has 3 rings (SSSR count). The Hall–Kier alpha value is -4.01. The van der Waals surface area contributed by atoms with Crippen molar-refractivity contribution in [1.82, 2.24) is 10.6 Å². The Balaban J connectivity index is 1.83. The molecule has 4 N–H and O–H groups in total. The lowest BCUT2D eigenvalue weighted by molar-refractivity contribution is -0.139. The zero-order chi connectivity index (χ0) is 21.7. The molecule has 2 aromatic carbocycles. The molecule has 1 atom stereocenters. The SMILES string of the molecule is COc1ccc(NC(=O)C2=C(C)NC(=O)N[C@H]2c2ccc(OCC(=O)O)cc2)cc1. The third-order valence-corrected chi connectivity index (χ3v) is 4.44. The van der Waals surface area contributed by atoms with Crippen LogP contribution in [0.2, 0.25) is 0 Å². The van der Waals surface area contributed by atoms with Crippen LogP contribution >= 0.6 is 0 Å². The summed E-state index contributed by atoms with van der Waals surface area (Å²) in [6, 6.07) is 12.3. The number of amides is 3. The fraction of sp³-hybridized carbons (Fsp3) is 0.190. The second kappa shape index (κ2) is 8.99. The Bertz CT molecular complexity index is 983. The van der Waals surface area contributed by atoms with Gasteiger partial charge in [-0.05, 0) is 48.9 Å². The van der Waals surface area contributed by atoms with Crippen molar-refractivity contribution < 1.29 is 29.0 Å². The Morgan fingerprint density at radius 3 is 2.30 bits per heavy atom. The van der Waals surface area contributed by atoms with Crippen LogP contribution in [-0.2, 0) is 9.59 Å². The molecule has 9 heteroatoms. The summed E-state index contributed by atoms with van der Waals surface area (Å²) < 4.78 is 10.2. The lowest BCUT2D eigenvalue weighted by Gasteiger charge is -2.28. The molecule has 1 aliphatic rings. The van der Waals surface area contributed by atoms with Gasteiger partial charge in [-0.15, -0.1) is 0 Å². The maximum Gasteiger partial charge on any atom is 0.341 e. The van der Waals surface area contributed by atoms with Crippen molar-refractivity contribution in [3.8, 4) is 11.5 Å². The molecule has 0 bridgehead atoms. The minimum Gasteiger partial charge on any atom is -0.497 e. The normalized spacial score (nSPS) is 15.7. The number of methoxy groups -OCH3 is 1. The zero-order valence-electron chi connectivity index (χ0n) is 16.4. The molecule has 0 aliphatic carbocycles. The first-order valence-electron chi connectivity index (χ1n) is 9.05. The average molecular weight is 411 g/mol. The van der Waals surface area contributed by atoms with E-state index >= 15 is 0 Å². The van der Waals surface area contributed by atoms with Crippen molar-refractivity contribution in [3.63, 3.8) is 0 Å². The highest BCUT2D eigenvalue weighted by atomic mass is 16.5. The van der Waals surface area contributed by atoms with E-state index in [1.54, 1.807) is 62.6 Å². The standard InChI is InChI=1S/C21H21N3O6/c1-12-18(20(27)23-14-5-9-15(29-2)10-6-14)19(24-21(28)22-12)13-3-7-16(8-4-13)30-11-17(25)26/h3-10,19H,11H2,1-2H3,(H,23,27)(H,25,26)(H2,22,24,28)/t19-/m0/s1. The van der Waals surface area contributed by atoms with Gasteiger partial charge in [-0.1, -0.05) is 12.1 Å². The minimum absolute atomic E-state index is 0.352. The molecule has 9 nitrogen and oxygen atoms in total. The number of ether oxygens (including phenoxy) is 2. The van der Waals surface area contributed by atoms with Crippen molar-refractivity contribution in [2.24, 2.45) is 0 Å². The van der Waals surface area contributed by atoms with Crippen LogP contribution in [0.25, 0.3) is 0 Å². The lowest BCUT2D eigenvalue weighted by Crippen LogP contribution is -2.45. The summed E-state index contributed by atoms with van der Waals surface area (Å²) in [6.07, 6.45) is 0. The van der Waals surface area contributed by atoms with Crippen LogP contribution in [0.1, 0.15) is 18.5 Å². The first-order chi connectivity index (χ1) is 14.4. The number of hydrogen-bond acceptors (Lipinski definition) is 5. The molecule has 156 valence electrons. The first kappa shape index (κ1) is 20.7. The number of anilines is 1. The number of carbonyl (C=O) groups excluding carboxylic acids is 2. The van der Waals surface area contributed by atoms with Gasteiger partial charge in [0.2, 0.25) is 0 Å². The van der Waals surface area contributed by atoms with Crippen molar-refractivity contribution in [3.05, 3.63) is 65.4 Å². The van der Waals surface area contributed by atoms with E-state index in [4.69, 9.17) is 14.6 Å². The molecule has 0 saturated carbocycles. The van der Waals surface area contributed by atoms with Gasteiger partial charge < -0.3 is 30.5 Å². The summed E-state index contributed by atoms with van der Waals surface area (Å²) in [6.45, 7) is 1.19. The van der Waals surface area contributed by atoms with Gasteiger partial charge in [0.25, 0.3) is 5.91 Å². The van der Waals surface area contributed by atoms with Crippen LogP contribution in [0.5, 0.6) is 11.5 Å². The molecule has 0 spiro atoms. The van der Waals surface area contributed by atoms with Crippen LogP contribution in [-0.4, -0.2) is 36.7 Å². The third-order valence-electron chi connectivity index (χ3n) is 4.44. The van der Waals surface area contributed by atoms with E-state index in [-0.39, 0.29) is 5.91 Å². The van der Waals surface area contributed by atoms with Gasteiger partial charge in [0.15, 0.2) is 6.61 Å². The molecular weight excluding hydrogens is 390 g/mol. The topological polar surface area (TPSA) is 126 Å². The number of carbonyl (C=O) groups is 3. The van der Waals surface area contributed by atoms with Crippen LogP contribution in [0.4, 0.5) is 10.5 Å². The quantitative estimate of drug-likeness (QED) is 0.554. The van der Waals surface area contributed by atoms with E-state index < -0.39 is 24.6 Å². The number of carboxylic acid groups (broad SMARTS) is 1. The molecule has 2 aromatic rings. The molecule has 0 fully saturated rings. The van der Waals surface area contributed by atoms with Gasteiger partial charge in [0.05, 0.1) is 18.7 Å². The fourth-order valence-electron chi connectivity index (χ4n) is 3.02. The second-order valence-corrected chi connectivity index (χ2v) is 6.50. The van der Waals surface area contributed by atoms with Crippen LogP contribution in [0, 0.1) is 0 Å². The highest BCUT2D eigenvalue weighted by molar-refractivity contribution is 6.06. The van der Waals surface area contributed by atoms with E-state index in [2.05, 4.69) is 16.0 Å². The summed E-state index contributed by atoms with van der Waals surface area (Å²) in [4.78, 5) is 35.6. The summed E-state index contributed by atoms with van der Waals surface area (Å²) in [5, 5.41) is 16.9. The lowest BCUT2D eigenvalue weighted by atomic mass is 9.94. The molecule has 1 heterocycles. The largest absolute Gasteiger partial charge is 0.497 e. The Morgan fingerprint density at radius 2 is 1.70 bits per heavy atom. The molecule has 0 saturated heterocycles. The van der Waals surface area contributed by atoms with Gasteiger partial charge in [-0.25, -0.2) is 9.59 Å². The minimum atomic E-state index is -1.08. The van der Waals surface area contributed by atoms with E-state index in [0.717, 1.165) is 0 Å². The van der Waals surface area contributed by atoms with E-state index in [0.29, 0.717) is 34.0 Å². The maximum atomic E-state index is 13.0. The number of rotatable bonds is 7. The molecule has 0 aromatic heterocycles. The van der Waals surface area contributed by atoms with Crippen molar-refractivity contribution in [2.45, 2.75) is 13.0 Å². The van der Waals surface area contributed by atoms with Crippen molar-refractivity contribution >= 4 is 23.6 Å². The van der Waals surface area contributed by atoms with Gasteiger partial charge in [-0.3, -0.25) is 4.79 Å². The van der Waals surface area contributed by atoms with Gasteiger partial charge in [0.1, 0.15) is 11.5 Å². The molecule has 30 heavy (non-hydrogen) atoms. The molecular formula is C21H21N3O6. The first-order valence-corrected chi connectivity index (χ1v) is 9.05. The van der Waals surface area contributed by atoms with Crippen molar-refractivity contribution in [2.75, 3.05) is 19.0 Å². The number of carboxylic acids is 1. The van der Waals surface area contributed by atoms with E-state index in [1.165, 1.54) is 0 Å². The number of nitrogens with one attached hydrogen (secondary N) is 3. The smallest absolute Gasteiger partial charge is 0.341 e. The van der Waals surface area contributed by atoms with Crippen LogP contribution in [0.15, 0.2) is 59.8 Å². The number of aliphatic carboxylic acids is 1. The van der Waals surface area contributed by atoms with Crippen LogP contribution in [0.3, 0.4) is 0 Å². The zero-order valence-corrected chi connectivity index (χ0v) is 16.4. The monoisotopic (exact) mass is 411 g/mol. The van der Waals surface area contributed by atoms with E-state index in [9.17, 15) is 14.4 Å². The Labute approximate surface area is 172 Å². The molecule has 0 radical (unpaired) electrons. The predicted molar refractivity (Wildman–Crippen MR) is 108 cm³/mol. The van der Waals surface area contributed by atoms with Gasteiger partial charge in [0, 0.05) is 11.4 Å². The van der Waals surface area contributed by atoms with Gasteiger partial charge >= 0.3 is 12.0 Å². The highest BCUT2D eigenvalue weighted by Gasteiger charge is 2.31.